The van der Waals surface area contributed by atoms with Crippen LogP contribution >= 0.6 is 0 Å². The Morgan fingerprint density at radius 3 is 2.44 bits per heavy atom. The van der Waals surface area contributed by atoms with Crippen molar-refractivity contribution < 1.29 is 29.0 Å². The van der Waals surface area contributed by atoms with Crippen molar-refractivity contribution in [3.8, 4) is 11.5 Å². The van der Waals surface area contributed by atoms with E-state index >= 15 is 0 Å². The van der Waals surface area contributed by atoms with E-state index in [1.165, 1.54) is 4.90 Å². The van der Waals surface area contributed by atoms with E-state index < -0.39 is 12.1 Å². The van der Waals surface area contributed by atoms with E-state index in [0.29, 0.717) is 47.8 Å². The van der Waals surface area contributed by atoms with Gasteiger partial charge in [-0.25, -0.2) is 4.79 Å². The molecule has 3 atom stereocenters. The normalized spacial score (nSPS) is 17.6. The standard InChI is InChI=1S/C30H43N5O6/c1-20-17-35(21(2)19-36)29(38)25-16-23(31-28(37)8-7-15-33(3)4)11-14-26(25)41-27(20)18-34(5)30(39)32-22-9-12-24(40-6)13-10-22/h9-14,16,20-21,27,36H,7-8,15,17-19H2,1-6H3,(H,31,37)(H,32,39)/t20-,21+,27-/m1/s1. The van der Waals surface area contributed by atoms with Gasteiger partial charge in [-0.3, -0.25) is 9.59 Å². The minimum Gasteiger partial charge on any atom is -0.497 e. The molecule has 11 nitrogen and oxygen atoms in total. The van der Waals surface area contributed by atoms with Gasteiger partial charge < -0.3 is 39.9 Å². The number of nitrogens with one attached hydrogen (secondary N) is 2. The lowest BCUT2D eigenvalue weighted by molar-refractivity contribution is -0.116. The van der Waals surface area contributed by atoms with Crippen LogP contribution in [-0.4, -0.2) is 104 Å². The van der Waals surface area contributed by atoms with Crippen molar-refractivity contribution in [3.05, 3.63) is 48.0 Å². The highest BCUT2D eigenvalue weighted by Gasteiger charge is 2.34. The summed E-state index contributed by atoms with van der Waals surface area (Å²) in [5.74, 6) is 0.462. The molecule has 3 N–H and O–H groups in total. The largest absolute Gasteiger partial charge is 0.497 e. The molecule has 1 aliphatic rings. The number of nitrogens with zero attached hydrogens (tertiary/aromatic N) is 3. The highest BCUT2D eigenvalue weighted by molar-refractivity contribution is 6.00. The fraction of sp³-hybridized carbons (Fsp3) is 0.500. The molecule has 0 bridgehead atoms. The average Bonchev–Trinajstić information content (AvgIpc) is 2.94. The Balaban J connectivity index is 1.80. The van der Waals surface area contributed by atoms with Crippen molar-refractivity contribution >= 4 is 29.2 Å². The third kappa shape index (κ3) is 8.83. The van der Waals surface area contributed by atoms with E-state index in [0.717, 1.165) is 6.54 Å². The van der Waals surface area contributed by atoms with Gasteiger partial charge in [-0.15, -0.1) is 0 Å². The molecule has 0 aliphatic carbocycles. The maximum Gasteiger partial charge on any atom is 0.321 e. The van der Waals surface area contributed by atoms with Crippen LogP contribution in [0.3, 0.4) is 0 Å². The number of urea groups is 1. The van der Waals surface area contributed by atoms with E-state index in [4.69, 9.17) is 9.47 Å². The van der Waals surface area contributed by atoms with Crippen LogP contribution in [0.2, 0.25) is 0 Å². The molecule has 0 spiro atoms. The second-order valence-corrected chi connectivity index (χ2v) is 10.8. The third-order valence-corrected chi connectivity index (χ3v) is 7.10. The molecule has 2 aromatic rings. The Morgan fingerprint density at radius 2 is 1.80 bits per heavy atom. The molecule has 2 aromatic carbocycles. The highest BCUT2D eigenvalue weighted by atomic mass is 16.5. The maximum atomic E-state index is 13.6. The van der Waals surface area contributed by atoms with Gasteiger partial charge in [0.05, 0.1) is 31.9 Å². The van der Waals surface area contributed by atoms with Crippen LogP contribution in [-0.2, 0) is 4.79 Å². The molecule has 0 aromatic heterocycles. The van der Waals surface area contributed by atoms with E-state index in [1.807, 2.05) is 25.9 Å². The van der Waals surface area contributed by atoms with Crippen LogP contribution in [0, 0.1) is 5.92 Å². The summed E-state index contributed by atoms with van der Waals surface area (Å²) in [5.41, 5.74) is 1.41. The SMILES string of the molecule is COc1ccc(NC(=O)N(C)C[C@H]2Oc3ccc(NC(=O)CCCN(C)C)cc3C(=O)N([C@@H](C)CO)C[C@H]2C)cc1. The van der Waals surface area contributed by atoms with E-state index in [-0.39, 0.29) is 36.9 Å². The molecule has 0 unspecified atom stereocenters. The summed E-state index contributed by atoms with van der Waals surface area (Å²) >= 11 is 0. The minimum absolute atomic E-state index is 0.136. The number of aliphatic hydroxyl groups excluding tert-OH is 1. The summed E-state index contributed by atoms with van der Waals surface area (Å²) in [6, 6.07) is 11.3. The summed E-state index contributed by atoms with van der Waals surface area (Å²) < 4.78 is 11.5. The minimum atomic E-state index is -0.451. The second kappa shape index (κ2) is 14.7. The van der Waals surface area contributed by atoms with Gasteiger partial charge in [0, 0.05) is 37.3 Å². The van der Waals surface area contributed by atoms with Gasteiger partial charge >= 0.3 is 6.03 Å². The lowest BCUT2D eigenvalue weighted by Crippen LogP contribution is -2.50. The average molecular weight is 570 g/mol. The topological polar surface area (TPSA) is 124 Å². The number of rotatable bonds is 11. The first-order valence-corrected chi connectivity index (χ1v) is 13.9. The van der Waals surface area contributed by atoms with Gasteiger partial charge in [0.1, 0.15) is 17.6 Å². The lowest BCUT2D eigenvalue weighted by atomic mass is 9.99. The van der Waals surface area contributed by atoms with Crippen LogP contribution < -0.4 is 20.1 Å². The molecular weight excluding hydrogens is 526 g/mol. The smallest absolute Gasteiger partial charge is 0.321 e. The Morgan fingerprint density at radius 1 is 1.12 bits per heavy atom. The first-order valence-electron chi connectivity index (χ1n) is 13.9. The molecule has 4 amide bonds. The fourth-order valence-corrected chi connectivity index (χ4v) is 4.54. The van der Waals surface area contributed by atoms with Crippen molar-refractivity contribution in [2.45, 2.75) is 38.8 Å². The number of anilines is 2. The zero-order valence-electron chi connectivity index (χ0n) is 24.8. The van der Waals surface area contributed by atoms with Crippen molar-refractivity contribution in [2.75, 3.05) is 65.1 Å². The fourth-order valence-electron chi connectivity index (χ4n) is 4.54. The predicted molar refractivity (Wildman–Crippen MR) is 159 cm³/mol. The molecule has 0 saturated heterocycles. The van der Waals surface area contributed by atoms with E-state index in [1.54, 1.807) is 68.4 Å². The van der Waals surface area contributed by atoms with Crippen molar-refractivity contribution in [3.63, 3.8) is 0 Å². The number of methoxy groups -OCH3 is 1. The number of aliphatic hydroxyl groups is 1. The highest BCUT2D eigenvalue weighted by Crippen LogP contribution is 2.31. The number of carbonyl (C=O) groups excluding carboxylic acids is 3. The number of likely N-dealkylation sites (N-methyl/N-ethyl adjacent to an activating group) is 1. The van der Waals surface area contributed by atoms with Crippen molar-refractivity contribution in [1.29, 1.82) is 0 Å². The van der Waals surface area contributed by atoms with Gasteiger partial charge in [-0.1, -0.05) is 6.92 Å². The third-order valence-electron chi connectivity index (χ3n) is 7.10. The lowest BCUT2D eigenvalue weighted by Gasteiger charge is -2.38. The summed E-state index contributed by atoms with van der Waals surface area (Å²) in [7, 11) is 7.17. The van der Waals surface area contributed by atoms with Crippen LogP contribution in [0.4, 0.5) is 16.2 Å². The van der Waals surface area contributed by atoms with Gasteiger partial charge in [-0.2, -0.15) is 0 Å². The Kier molecular flexibility index (Phi) is 11.4. The first-order chi connectivity index (χ1) is 19.5. The van der Waals surface area contributed by atoms with E-state index in [2.05, 4.69) is 10.6 Å². The summed E-state index contributed by atoms with van der Waals surface area (Å²) in [6.45, 7) is 4.90. The second-order valence-electron chi connectivity index (χ2n) is 10.8. The number of carbonyl (C=O) groups is 3. The van der Waals surface area contributed by atoms with Gasteiger partial charge in [-0.05, 0) is 76.4 Å². The molecule has 11 heteroatoms. The van der Waals surface area contributed by atoms with Gasteiger partial charge in [0.15, 0.2) is 0 Å². The van der Waals surface area contributed by atoms with Gasteiger partial charge in [0.2, 0.25) is 5.91 Å². The molecule has 0 radical (unpaired) electrons. The van der Waals surface area contributed by atoms with Crippen molar-refractivity contribution in [2.24, 2.45) is 5.92 Å². The monoisotopic (exact) mass is 569 g/mol. The molecule has 41 heavy (non-hydrogen) atoms. The number of benzene rings is 2. The number of hydrogen-bond donors (Lipinski definition) is 3. The summed E-state index contributed by atoms with van der Waals surface area (Å²) in [6.07, 6.45) is 0.623. The first kappa shape index (κ1) is 31.7. The van der Waals surface area contributed by atoms with Crippen molar-refractivity contribution in [1.82, 2.24) is 14.7 Å². The zero-order valence-corrected chi connectivity index (χ0v) is 24.8. The molecule has 3 rings (SSSR count). The Bertz CT molecular complexity index is 1190. The maximum absolute atomic E-state index is 13.6. The zero-order chi connectivity index (χ0) is 30.1. The molecule has 1 heterocycles. The molecular formula is C30H43N5O6. The summed E-state index contributed by atoms with van der Waals surface area (Å²) in [5, 5.41) is 15.6. The quantitative estimate of drug-likeness (QED) is 0.379. The van der Waals surface area contributed by atoms with Crippen LogP contribution in [0.1, 0.15) is 37.0 Å². The van der Waals surface area contributed by atoms with Crippen LogP contribution in [0.15, 0.2) is 42.5 Å². The molecule has 0 saturated carbocycles. The molecule has 224 valence electrons. The van der Waals surface area contributed by atoms with Crippen LogP contribution in [0.5, 0.6) is 11.5 Å². The molecule has 0 fully saturated rings. The summed E-state index contributed by atoms with van der Waals surface area (Å²) in [4.78, 5) is 44.3. The number of hydrogen-bond acceptors (Lipinski definition) is 7. The van der Waals surface area contributed by atoms with Gasteiger partial charge in [0.25, 0.3) is 5.91 Å². The number of ether oxygens (including phenoxy) is 2. The molecule has 1 aliphatic heterocycles. The Hall–Kier alpha value is -3.83. The van der Waals surface area contributed by atoms with Crippen LogP contribution in [0.25, 0.3) is 0 Å². The number of fused-ring (bicyclic) bond motifs is 1. The van der Waals surface area contributed by atoms with E-state index in [9.17, 15) is 19.5 Å². The predicted octanol–water partition coefficient (Wildman–Crippen LogP) is 3.36. The number of amides is 4. The Labute approximate surface area is 242 Å².